The number of fused-ring (bicyclic) bond motifs is 7. The van der Waals surface area contributed by atoms with Crippen molar-refractivity contribution < 1.29 is 23.9 Å². The Balaban J connectivity index is 1.64. The zero-order valence-electron chi connectivity index (χ0n) is 26.0. The first-order valence-corrected chi connectivity index (χ1v) is 15.2. The molecule has 3 saturated carbocycles. The van der Waals surface area contributed by atoms with Crippen LogP contribution in [0.4, 0.5) is 0 Å². The van der Waals surface area contributed by atoms with E-state index in [1.54, 1.807) is 0 Å². The van der Waals surface area contributed by atoms with E-state index in [0.717, 1.165) is 37.7 Å². The van der Waals surface area contributed by atoms with Crippen LogP contribution < -0.4 is 5.32 Å². The molecular weight excluding hydrogens is 516 g/mol. The van der Waals surface area contributed by atoms with Crippen LogP contribution >= 0.6 is 0 Å². The van der Waals surface area contributed by atoms with Crippen LogP contribution in [0.3, 0.4) is 0 Å². The normalized spacial score (nSPS) is 42.2. The molecular formula is C34H46N2O5. The summed E-state index contributed by atoms with van der Waals surface area (Å²) in [6, 6.07) is 2.16. The van der Waals surface area contributed by atoms with E-state index in [1.807, 2.05) is 26.0 Å². The number of nitrogens with zero attached hydrogens (tertiary/aromatic N) is 1. The molecule has 222 valence electrons. The maximum atomic E-state index is 14.5. The van der Waals surface area contributed by atoms with E-state index in [9.17, 15) is 24.4 Å². The number of hydrogen-bond acceptors (Lipinski definition) is 6. The summed E-state index contributed by atoms with van der Waals surface area (Å²) in [4.78, 5) is 53.6. The second-order valence-corrected chi connectivity index (χ2v) is 15.7. The molecule has 0 heterocycles. The fraction of sp³-hybridized carbons (Fsp3) is 0.735. The molecule has 0 aromatic carbocycles. The summed E-state index contributed by atoms with van der Waals surface area (Å²) in [7, 11) is 1.31. The minimum Gasteiger partial charge on any atom is -0.468 e. The summed E-state index contributed by atoms with van der Waals surface area (Å²) < 4.78 is 4.77. The van der Waals surface area contributed by atoms with Crippen LogP contribution in [0, 0.1) is 61.6 Å². The van der Waals surface area contributed by atoms with Gasteiger partial charge < -0.3 is 10.1 Å². The van der Waals surface area contributed by atoms with E-state index in [1.165, 1.54) is 7.11 Å². The number of ketones is 2. The smallest absolute Gasteiger partial charge is 0.325 e. The highest BCUT2D eigenvalue weighted by Gasteiger charge is 2.70. The predicted octanol–water partition coefficient (Wildman–Crippen LogP) is 5.50. The first-order valence-electron chi connectivity index (χ1n) is 15.2. The van der Waals surface area contributed by atoms with Crippen LogP contribution in [-0.4, -0.2) is 37.1 Å². The van der Waals surface area contributed by atoms with Crippen molar-refractivity contribution in [1.29, 1.82) is 5.26 Å². The van der Waals surface area contributed by atoms with Crippen LogP contribution in [0.25, 0.3) is 0 Å². The molecule has 7 atom stereocenters. The van der Waals surface area contributed by atoms with Crippen LogP contribution in [0.2, 0.25) is 0 Å². The number of carbonyl (C=O) groups is 4. The van der Waals surface area contributed by atoms with Crippen LogP contribution in [-0.2, 0) is 23.9 Å². The van der Waals surface area contributed by atoms with E-state index in [4.69, 9.17) is 4.74 Å². The minimum absolute atomic E-state index is 0.00716. The lowest BCUT2D eigenvalue weighted by atomic mass is 9.34. The predicted molar refractivity (Wildman–Crippen MR) is 154 cm³/mol. The molecule has 7 nitrogen and oxygen atoms in total. The van der Waals surface area contributed by atoms with Gasteiger partial charge in [0.05, 0.1) is 18.1 Å². The van der Waals surface area contributed by atoms with Crippen molar-refractivity contribution in [3.05, 3.63) is 23.3 Å². The lowest BCUT2D eigenvalue weighted by Crippen LogP contribution is -2.66. The molecule has 0 aliphatic heterocycles. The molecule has 0 spiro atoms. The van der Waals surface area contributed by atoms with Crippen LogP contribution in [0.1, 0.15) is 93.4 Å². The Kier molecular flexibility index (Phi) is 6.62. The Labute approximate surface area is 244 Å². The molecule has 1 amide bonds. The topological polar surface area (TPSA) is 113 Å². The first-order chi connectivity index (χ1) is 18.9. The van der Waals surface area contributed by atoms with Gasteiger partial charge in [-0.3, -0.25) is 19.2 Å². The molecule has 5 rings (SSSR count). The average Bonchev–Trinajstić information content (AvgIpc) is 2.90. The standard InChI is InChI=1S/C34H46N2O5/c1-29(2)11-13-34(28(40)36-19-25(38)41-8)14-12-33(7)26(21(34)17-29)22(37)15-24-31(5)16-20(18-35)27(39)30(3,4)23(31)9-10-32(24,33)6/h15-16,21,23,26H,9-14,17,19H2,1-8H3,(H,36,40)/t21?,23-,26?,31-,32+,33+,34-/m0/s1. The maximum absolute atomic E-state index is 14.5. The lowest BCUT2D eigenvalue weighted by molar-refractivity contribution is -0.179. The summed E-state index contributed by atoms with van der Waals surface area (Å²) in [6.45, 7) is 14.9. The Morgan fingerprint density at radius 3 is 2.32 bits per heavy atom. The van der Waals surface area contributed by atoms with Crippen molar-refractivity contribution in [2.45, 2.75) is 93.4 Å². The molecule has 0 saturated heterocycles. The van der Waals surface area contributed by atoms with Crippen molar-refractivity contribution in [2.24, 2.45) is 50.2 Å². The lowest BCUT2D eigenvalue weighted by Gasteiger charge is -2.69. The number of hydrogen-bond donors (Lipinski definition) is 1. The number of nitrogens with one attached hydrogen (secondary N) is 1. The largest absolute Gasteiger partial charge is 0.468 e. The number of esters is 1. The number of allylic oxidation sites excluding steroid dienone is 4. The number of nitriles is 1. The molecule has 41 heavy (non-hydrogen) atoms. The first kappa shape index (κ1) is 29.7. The maximum Gasteiger partial charge on any atom is 0.325 e. The van der Waals surface area contributed by atoms with E-state index >= 15 is 0 Å². The van der Waals surface area contributed by atoms with Gasteiger partial charge in [0.2, 0.25) is 5.91 Å². The van der Waals surface area contributed by atoms with Gasteiger partial charge in [-0.25, -0.2) is 0 Å². The third-order valence-electron chi connectivity index (χ3n) is 12.9. The number of ether oxygens (including phenoxy) is 1. The molecule has 5 aliphatic rings. The Morgan fingerprint density at radius 1 is 1.02 bits per heavy atom. The monoisotopic (exact) mass is 562 g/mol. The van der Waals surface area contributed by atoms with Gasteiger partial charge in [-0.2, -0.15) is 5.26 Å². The Hall–Kier alpha value is -2.75. The molecule has 0 radical (unpaired) electrons. The SMILES string of the molecule is COC(=O)CNC(=O)[C@]12CCC(C)(C)CC1C1C(=O)C=C3[C@@]4(C)C=C(C#N)C(=O)C(C)(C)[C@@H]4CC[C@@]3(C)[C@]1(C)CC2. The molecule has 5 aliphatic carbocycles. The van der Waals surface area contributed by atoms with E-state index < -0.39 is 27.6 Å². The second kappa shape index (κ2) is 9.12. The van der Waals surface area contributed by atoms with E-state index in [-0.39, 0.29) is 58.2 Å². The number of carbonyl (C=O) groups excluding carboxylic acids is 4. The Bertz CT molecular complexity index is 1330. The highest BCUT2D eigenvalue weighted by atomic mass is 16.5. The summed E-state index contributed by atoms with van der Waals surface area (Å²) in [6.07, 6.45) is 9.13. The zero-order valence-corrected chi connectivity index (χ0v) is 26.0. The van der Waals surface area contributed by atoms with Gasteiger partial charge in [0.25, 0.3) is 0 Å². The summed E-state index contributed by atoms with van der Waals surface area (Å²) in [5.41, 5.74) is -1.49. The van der Waals surface area contributed by atoms with Gasteiger partial charge in [0.15, 0.2) is 11.6 Å². The van der Waals surface area contributed by atoms with Crippen molar-refractivity contribution in [3.63, 3.8) is 0 Å². The van der Waals surface area contributed by atoms with Crippen LogP contribution in [0.15, 0.2) is 23.3 Å². The highest BCUT2D eigenvalue weighted by Crippen LogP contribution is 2.74. The minimum atomic E-state index is -0.709. The van der Waals surface area contributed by atoms with E-state index in [0.29, 0.717) is 12.8 Å². The van der Waals surface area contributed by atoms with Gasteiger partial charge in [-0.1, -0.05) is 60.1 Å². The average molecular weight is 563 g/mol. The second-order valence-electron chi connectivity index (χ2n) is 15.7. The summed E-state index contributed by atoms with van der Waals surface area (Å²) in [5, 5.41) is 12.8. The molecule has 2 unspecified atom stereocenters. The number of amides is 1. The van der Waals surface area contributed by atoms with Gasteiger partial charge in [0.1, 0.15) is 12.6 Å². The zero-order chi connectivity index (χ0) is 30.4. The number of methoxy groups -OCH3 is 1. The van der Waals surface area contributed by atoms with E-state index in [2.05, 4.69) is 46.0 Å². The third kappa shape index (κ3) is 3.88. The van der Waals surface area contributed by atoms with Gasteiger partial charge >= 0.3 is 5.97 Å². The molecule has 7 heteroatoms. The molecule has 0 aromatic heterocycles. The van der Waals surface area contributed by atoms with Gasteiger partial charge in [0, 0.05) is 16.7 Å². The summed E-state index contributed by atoms with van der Waals surface area (Å²) >= 11 is 0. The fourth-order valence-electron chi connectivity index (χ4n) is 10.4. The molecule has 0 aromatic rings. The van der Waals surface area contributed by atoms with Crippen molar-refractivity contribution in [2.75, 3.05) is 13.7 Å². The molecule has 1 N–H and O–H groups in total. The number of rotatable bonds is 3. The quantitative estimate of drug-likeness (QED) is 0.455. The Morgan fingerprint density at radius 2 is 1.68 bits per heavy atom. The van der Waals surface area contributed by atoms with Gasteiger partial charge in [-0.05, 0) is 79.1 Å². The molecule has 0 bridgehead atoms. The fourth-order valence-corrected chi connectivity index (χ4v) is 10.4. The van der Waals surface area contributed by atoms with Gasteiger partial charge in [-0.15, -0.1) is 0 Å². The molecule has 3 fully saturated rings. The van der Waals surface area contributed by atoms with Crippen molar-refractivity contribution in [3.8, 4) is 6.07 Å². The third-order valence-corrected chi connectivity index (χ3v) is 12.9. The van der Waals surface area contributed by atoms with Crippen LogP contribution in [0.5, 0.6) is 0 Å². The summed E-state index contributed by atoms with van der Waals surface area (Å²) in [5.74, 6) is -1.15. The number of Topliss-reactive ketones (excluding diaryl/α,β-unsaturated/α-hetero) is 1. The highest BCUT2D eigenvalue weighted by molar-refractivity contribution is 6.04. The van der Waals surface area contributed by atoms with Crippen molar-refractivity contribution in [1.82, 2.24) is 5.32 Å². The van der Waals surface area contributed by atoms with Crippen molar-refractivity contribution >= 4 is 23.4 Å².